The van der Waals surface area contributed by atoms with Gasteiger partial charge in [-0.25, -0.2) is 0 Å². The van der Waals surface area contributed by atoms with Gasteiger partial charge in [-0.1, -0.05) is 60.7 Å². The number of ether oxygens (including phenoxy) is 2. The molecule has 5 aromatic rings. The summed E-state index contributed by atoms with van der Waals surface area (Å²) in [6.07, 6.45) is -2.90. The number of amides is 1. The molecule has 0 fully saturated rings. The number of alkyl halides is 3. The molecule has 10 heteroatoms. The Labute approximate surface area is 265 Å². The zero-order valence-corrected chi connectivity index (χ0v) is 25.0. The van der Waals surface area contributed by atoms with E-state index in [9.17, 15) is 23.1 Å². The molecule has 5 rings (SSSR count). The average Bonchev–Trinajstić information content (AvgIpc) is 3.06. The molecule has 238 valence electrons. The lowest BCUT2D eigenvalue weighted by molar-refractivity contribution is -0.123. The molecule has 0 unspecified atom stereocenters. The van der Waals surface area contributed by atoms with E-state index in [2.05, 4.69) is 22.0 Å². The van der Waals surface area contributed by atoms with Gasteiger partial charge in [0.2, 0.25) is 0 Å². The molecule has 46 heavy (non-hydrogen) atoms. The van der Waals surface area contributed by atoms with E-state index in [0.29, 0.717) is 42.0 Å². The van der Waals surface area contributed by atoms with E-state index in [1.54, 1.807) is 12.1 Å². The topological polar surface area (TPSA) is 83.9 Å². The van der Waals surface area contributed by atoms with Crippen molar-refractivity contribution >= 4 is 16.8 Å². The molecular weight excluding hydrogens is 595 g/mol. The second-order valence-electron chi connectivity index (χ2n) is 10.8. The number of hydrogen-bond donors (Lipinski definition) is 2. The SMILES string of the molecule is O=C(NCC(F)(F)F)c1ccc2c(Oc3ccc(CCN(Cc4ccccc4)C[C@H](O)COc4ccccc4)cc3)ccnc2c1. The highest BCUT2D eigenvalue weighted by molar-refractivity contribution is 5.98. The van der Waals surface area contributed by atoms with Gasteiger partial charge in [0, 0.05) is 36.8 Å². The van der Waals surface area contributed by atoms with Crippen LogP contribution < -0.4 is 14.8 Å². The van der Waals surface area contributed by atoms with E-state index in [4.69, 9.17) is 9.47 Å². The first-order valence-electron chi connectivity index (χ1n) is 14.8. The second kappa shape index (κ2) is 15.4. The summed E-state index contributed by atoms with van der Waals surface area (Å²) in [6.45, 7) is 0.630. The predicted octanol–water partition coefficient (Wildman–Crippen LogP) is 6.80. The summed E-state index contributed by atoms with van der Waals surface area (Å²) in [7, 11) is 0. The summed E-state index contributed by atoms with van der Waals surface area (Å²) >= 11 is 0. The molecule has 0 saturated carbocycles. The Bertz CT molecular complexity index is 1700. The van der Waals surface area contributed by atoms with Gasteiger partial charge in [0.15, 0.2) is 0 Å². The minimum absolute atomic E-state index is 0.0725. The molecule has 0 aliphatic heterocycles. The maximum absolute atomic E-state index is 12.5. The summed E-state index contributed by atoms with van der Waals surface area (Å²) in [6, 6.07) is 33.4. The first-order valence-corrected chi connectivity index (χ1v) is 14.8. The molecule has 0 radical (unpaired) electrons. The molecule has 0 saturated heterocycles. The van der Waals surface area contributed by atoms with Crippen LogP contribution in [-0.4, -0.2) is 59.4 Å². The molecule has 0 aliphatic rings. The number of aromatic nitrogens is 1. The van der Waals surface area contributed by atoms with Gasteiger partial charge in [-0.3, -0.25) is 14.7 Å². The summed E-state index contributed by atoms with van der Waals surface area (Å²) in [5, 5.41) is 13.2. The molecule has 1 atom stereocenters. The highest BCUT2D eigenvalue weighted by atomic mass is 19.4. The van der Waals surface area contributed by atoms with Gasteiger partial charge in [0.1, 0.15) is 36.5 Å². The van der Waals surface area contributed by atoms with Gasteiger partial charge in [-0.2, -0.15) is 13.2 Å². The smallest absolute Gasteiger partial charge is 0.405 e. The van der Waals surface area contributed by atoms with Gasteiger partial charge in [-0.05, 0) is 66.1 Å². The fourth-order valence-corrected chi connectivity index (χ4v) is 4.91. The number of fused-ring (bicyclic) bond motifs is 1. The van der Waals surface area contributed by atoms with Crippen LogP contribution in [0.2, 0.25) is 0 Å². The maximum Gasteiger partial charge on any atom is 0.405 e. The molecule has 1 aromatic heterocycles. The molecular formula is C36H34F3N3O4. The number of hydrogen-bond acceptors (Lipinski definition) is 6. The minimum Gasteiger partial charge on any atom is -0.491 e. The molecule has 0 bridgehead atoms. The normalized spacial score (nSPS) is 12.2. The minimum atomic E-state index is -4.50. The van der Waals surface area contributed by atoms with Gasteiger partial charge >= 0.3 is 6.18 Å². The molecule has 0 spiro atoms. The number of rotatable bonds is 14. The van der Waals surface area contributed by atoms with E-state index in [-0.39, 0.29) is 12.2 Å². The Kier molecular flexibility index (Phi) is 10.9. The lowest BCUT2D eigenvalue weighted by Crippen LogP contribution is -2.36. The van der Waals surface area contributed by atoms with E-state index >= 15 is 0 Å². The standard InChI is InChI=1S/C36H34F3N3O4/c37-36(38,39)25-41-35(44)28-13-16-32-33(21-28)40-19-17-34(32)46-31-14-11-26(12-15-31)18-20-42(22-27-7-3-1-4-8-27)23-29(43)24-45-30-9-5-2-6-10-30/h1-17,19,21,29,43H,18,20,22-25H2,(H,41,44)/t29-/m0/s1. The second-order valence-corrected chi connectivity index (χ2v) is 10.8. The van der Waals surface area contributed by atoms with Crippen LogP contribution >= 0.6 is 0 Å². The Hall–Kier alpha value is -4.93. The van der Waals surface area contributed by atoms with Crippen molar-refractivity contribution in [1.82, 2.24) is 15.2 Å². The van der Waals surface area contributed by atoms with E-state index in [0.717, 1.165) is 23.3 Å². The van der Waals surface area contributed by atoms with Crippen LogP contribution in [0, 0.1) is 0 Å². The number of aliphatic hydroxyl groups excluding tert-OH is 1. The predicted molar refractivity (Wildman–Crippen MR) is 170 cm³/mol. The number of carbonyl (C=O) groups is 1. The van der Waals surface area contributed by atoms with Crippen molar-refractivity contribution in [2.75, 3.05) is 26.2 Å². The summed E-state index contributed by atoms with van der Waals surface area (Å²) in [4.78, 5) is 18.6. The zero-order chi connectivity index (χ0) is 32.4. The molecule has 0 aliphatic carbocycles. The number of pyridine rings is 1. The van der Waals surface area contributed by atoms with Crippen LogP contribution in [-0.2, 0) is 13.0 Å². The summed E-state index contributed by atoms with van der Waals surface area (Å²) < 4.78 is 49.3. The number of para-hydroxylation sites is 1. The number of benzene rings is 4. The van der Waals surface area contributed by atoms with Crippen LogP contribution in [0.15, 0.2) is 115 Å². The van der Waals surface area contributed by atoms with Crippen LogP contribution in [0.4, 0.5) is 13.2 Å². The van der Waals surface area contributed by atoms with Crippen molar-refractivity contribution in [2.24, 2.45) is 0 Å². The van der Waals surface area contributed by atoms with Crippen molar-refractivity contribution in [2.45, 2.75) is 25.2 Å². The number of halogens is 3. The van der Waals surface area contributed by atoms with Crippen molar-refractivity contribution < 1.29 is 32.5 Å². The Morgan fingerprint density at radius 2 is 1.59 bits per heavy atom. The molecule has 7 nitrogen and oxygen atoms in total. The summed E-state index contributed by atoms with van der Waals surface area (Å²) in [5.41, 5.74) is 2.74. The Morgan fingerprint density at radius 1 is 0.870 bits per heavy atom. The monoisotopic (exact) mass is 629 g/mol. The van der Waals surface area contributed by atoms with E-state index in [1.807, 2.05) is 78.1 Å². The maximum atomic E-state index is 12.5. The lowest BCUT2D eigenvalue weighted by Gasteiger charge is -2.25. The first kappa shape index (κ1) is 32.5. The van der Waals surface area contributed by atoms with Crippen LogP contribution in [0.1, 0.15) is 21.5 Å². The number of nitrogens with one attached hydrogen (secondary N) is 1. The quantitative estimate of drug-likeness (QED) is 0.141. The number of aliphatic hydroxyl groups is 1. The van der Waals surface area contributed by atoms with Gasteiger partial charge in [-0.15, -0.1) is 0 Å². The summed E-state index contributed by atoms with van der Waals surface area (Å²) in [5.74, 6) is 0.981. The van der Waals surface area contributed by atoms with Crippen molar-refractivity contribution in [3.05, 3.63) is 132 Å². The van der Waals surface area contributed by atoms with Gasteiger partial charge in [0.25, 0.3) is 5.91 Å². The molecule has 1 heterocycles. The molecule has 1 amide bonds. The van der Waals surface area contributed by atoms with Crippen molar-refractivity contribution in [3.8, 4) is 17.2 Å². The zero-order valence-electron chi connectivity index (χ0n) is 25.0. The molecule has 4 aromatic carbocycles. The van der Waals surface area contributed by atoms with Crippen molar-refractivity contribution in [1.29, 1.82) is 0 Å². The lowest BCUT2D eigenvalue weighted by atomic mass is 10.1. The van der Waals surface area contributed by atoms with Crippen molar-refractivity contribution in [3.63, 3.8) is 0 Å². The van der Waals surface area contributed by atoms with Crippen LogP contribution in [0.25, 0.3) is 10.9 Å². The van der Waals surface area contributed by atoms with Crippen LogP contribution in [0.3, 0.4) is 0 Å². The Morgan fingerprint density at radius 3 is 2.30 bits per heavy atom. The fourth-order valence-electron chi connectivity index (χ4n) is 4.91. The highest BCUT2D eigenvalue weighted by Crippen LogP contribution is 2.29. The van der Waals surface area contributed by atoms with Crippen LogP contribution in [0.5, 0.6) is 17.2 Å². The van der Waals surface area contributed by atoms with E-state index in [1.165, 1.54) is 18.3 Å². The first-order chi connectivity index (χ1) is 22.2. The van der Waals surface area contributed by atoms with Gasteiger partial charge < -0.3 is 19.9 Å². The Balaban J connectivity index is 1.19. The molecule has 2 N–H and O–H groups in total. The highest BCUT2D eigenvalue weighted by Gasteiger charge is 2.28. The van der Waals surface area contributed by atoms with Gasteiger partial charge in [0.05, 0.1) is 5.52 Å². The average molecular weight is 630 g/mol. The largest absolute Gasteiger partial charge is 0.491 e. The fraction of sp³-hybridized carbons (Fsp3) is 0.222. The third-order valence-electron chi connectivity index (χ3n) is 7.19. The third kappa shape index (κ3) is 9.79. The number of carbonyl (C=O) groups excluding carboxylic acids is 1. The third-order valence-corrected chi connectivity index (χ3v) is 7.19. The van der Waals surface area contributed by atoms with E-state index < -0.39 is 24.7 Å². The number of nitrogens with zero attached hydrogens (tertiary/aromatic N) is 2.